The molecule has 0 atom stereocenters. The maximum Gasteiger partial charge on any atom is 0.125 e. The molecule has 0 unspecified atom stereocenters. The van der Waals surface area contributed by atoms with Gasteiger partial charge in [0.15, 0.2) is 0 Å². The lowest BCUT2D eigenvalue weighted by molar-refractivity contribution is 0.263. The second-order valence-corrected chi connectivity index (χ2v) is 4.62. The van der Waals surface area contributed by atoms with Crippen molar-refractivity contribution < 1.29 is 14.2 Å². The number of thiophene rings is 1. The number of aliphatic hydroxyl groups excluding tert-OH is 1. The zero-order valence-electron chi connectivity index (χ0n) is 9.23. The summed E-state index contributed by atoms with van der Waals surface area (Å²) in [6, 6.07) is 8.22. The first kappa shape index (κ1) is 12.1. The molecule has 1 aromatic carbocycles. The molecule has 17 heavy (non-hydrogen) atoms. The first-order chi connectivity index (χ1) is 8.29. The van der Waals surface area contributed by atoms with Gasteiger partial charge >= 0.3 is 0 Å². The molecule has 0 fully saturated rings. The molecule has 1 N–H and O–H groups in total. The maximum absolute atomic E-state index is 12.9. The van der Waals surface area contributed by atoms with Crippen molar-refractivity contribution in [1.29, 1.82) is 0 Å². The smallest absolute Gasteiger partial charge is 0.125 e. The standard InChI is InChI=1S/C13H13FO2S/c14-11-3-4-13(10(8-11)9-15)16-6-5-12-2-1-7-17-12/h1-4,7-8,15H,5-6,9H2. The molecule has 90 valence electrons. The Morgan fingerprint density at radius 3 is 2.88 bits per heavy atom. The zero-order valence-corrected chi connectivity index (χ0v) is 10.0. The Morgan fingerprint density at radius 1 is 1.29 bits per heavy atom. The van der Waals surface area contributed by atoms with Crippen LogP contribution in [0.3, 0.4) is 0 Å². The van der Waals surface area contributed by atoms with E-state index in [1.807, 2.05) is 17.5 Å². The lowest BCUT2D eigenvalue weighted by Gasteiger charge is -2.09. The summed E-state index contributed by atoms with van der Waals surface area (Å²) in [7, 11) is 0. The highest BCUT2D eigenvalue weighted by molar-refractivity contribution is 7.09. The monoisotopic (exact) mass is 252 g/mol. The van der Waals surface area contributed by atoms with Crippen LogP contribution in [-0.2, 0) is 13.0 Å². The van der Waals surface area contributed by atoms with Gasteiger partial charge in [0.1, 0.15) is 11.6 Å². The van der Waals surface area contributed by atoms with Crippen molar-refractivity contribution >= 4 is 11.3 Å². The van der Waals surface area contributed by atoms with Gasteiger partial charge in [0, 0.05) is 16.9 Å². The van der Waals surface area contributed by atoms with Gasteiger partial charge in [0.2, 0.25) is 0 Å². The summed E-state index contributed by atoms with van der Waals surface area (Å²) in [5.41, 5.74) is 0.483. The molecule has 0 bridgehead atoms. The third-order valence-electron chi connectivity index (χ3n) is 2.38. The van der Waals surface area contributed by atoms with E-state index in [0.717, 1.165) is 6.42 Å². The van der Waals surface area contributed by atoms with Crippen LogP contribution in [0.4, 0.5) is 4.39 Å². The molecule has 2 nitrogen and oxygen atoms in total. The first-order valence-corrected chi connectivity index (χ1v) is 6.22. The summed E-state index contributed by atoms with van der Waals surface area (Å²) in [5, 5.41) is 11.1. The minimum absolute atomic E-state index is 0.216. The van der Waals surface area contributed by atoms with Crippen molar-refractivity contribution in [3.05, 3.63) is 52.0 Å². The molecule has 0 amide bonds. The molecular formula is C13H13FO2S. The fourth-order valence-electron chi connectivity index (χ4n) is 1.53. The normalized spacial score (nSPS) is 10.5. The Morgan fingerprint density at radius 2 is 2.18 bits per heavy atom. The molecule has 0 aliphatic rings. The topological polar surface area (TPSA) is 29.5 Å². The second kappa shape index (κ2) is 5.80. The van der Waals surface area contributed by atoms with Crippen LogP contribution >= 0.6 is 11.3 Å². The number of rotatable bonds is 5. The lowest BCUT2D eigenvalue weighted by Crippen LogP contribution is -2.02. The Hall–Kier alpha value is -1.39. The van der Waals surface area contributed by atoms with Crippen LogP contribution in [0.5, 0.6) is 5.75 Å². The average Bonchev–Trinajstić information content (AvgIpc) is 2.84. The van der Waals surface area contributed by atoms with E-state index >= 15 is 0 Å². The highest BCUT2D eigenvalue weighted by atomic mass is 32.1. The van der Waals surface area contributed by atoms with Crippen molar-refractivity contribution in [2.75, 3.05) is 6.61 Å². The van der Waals surface area contributed by atoms with Crippen molar-refractivity contribution in [3.63, 3.8) is 0 Å². The van der Waals surface area contributed by atoms with Crippen molar-refractivity contribution in [2.24, 2.45) is 0 Å². The quantitative estimate of drug-likeness (QED) is 0.886. The predicted octanol–water partition coefficient (Wildman–Crippen LogP) is 3.00. The molecule has 0 radical (unpaired) electrons. The highest BCUT2D eigenvalue weighted by Crippen LogP contribution is 2.20. The summed E-state index contributed by atoms with van der Waals surface area (Å²) in [4.78, 5) is 1.25. The molecule has 0 aliphatic heterocycles. The Balaban J connectivity index is 1.94. The molecule has 0 saturated heterocycles. The Labute approximate surface area is 103 Å². The number of ether oxygens (including phenoxy) is 1. The van der Waals surface area contributed by atoms with Gasteiger partial charge in [-0.1, -0.05) is 6.07 Å². The van der Waals surface area contributed by atoms with Gasteiger partial charge in [-0.3, -0.25) is 0 Å². The summed E-state index contributed by atoms with van der Waals surface area (Å²) in [5.74, 6) is 0.185. The molecule has 0 aliphatic carbocycles. The molecule has 0 saturated carbocycles. The van der Waals surface area contributed by atoms with E-state index in [0.29, 0.717) is 17.9 Å². The van der Waals surface area contributed by atoms with Gasteiger partial charge in [0.05, 0.1) is 13.2 Å². The van der Waals surface area contributed by atoms with Gasteiger partial charge in [-0.2, -0.15) is 0 Å². The van der Waals surface area contributed by atoms with E-state index in [1.54, 1.807) is 17.4 Å². The van der Waals surface area contributed by atoms with Gasteiger partial charge in [-0.15, -0.1) is 11.3 Å². The largest absolute Gasteiger partial charge is 0.493 e. The minimum atomic E-state index is -0.361. The van der Waals surface area contributed by atoms with Crippen LogP contribution in [0.1, 0.15) is 10.4 Å². The van der Waals surface area contributed by atoms with Crippen LogP contribution in [0, 0.1) is 5.82 Å². The van der Waals surface area contributed by atoms with E-state index in [4.69, 9.17) is 9.84 Å². The fourth-order valence-corrected chi connectivity index (χ4v) is 2.22. The SMILES string of the molecule is OCc1cc(F)ccc1OCCc1cccs1. The summed E-state index contributed by atoms with van der Waals surface area (Å²) < 4.78 is 18.5. The zero-order chi connectivity index (χ0) is 12.1. The van der Waals surface area contributed by atoms with E-state index in [9.17, 15) is 4.39 Å². The second-order valence-electron chi connectivity index (χ2n) is 3.59. The lowest BCUT2D eigenvalue weighted by atomic mass is 10.2. The molecule has 0 spiro atoms. The molecule has 2 rings (SSSR count). The molecular weight excluding hydrogens is 239 g/mol. The number of hydrogen-bond donors (Lipinski definition) is 1. The van der Waals surface area contributed by atoms with Gasteiger partial charge in [-0.05, 0) is 29.6 Å². The minimum Gasteiger partial charge on any atom is -0.493 e. The Kier molecular flexibility index (Phi) is 4.12. The van der Waals surface area contributed by atoms with E-state index in [2.05, 4.69) is 0 Å². The van der Waals surface area contributed by atoms with Crippen LogP contribution in [0.15, 0.2) is 35.7 Å². The highest BCUT2D eigenvalue weighted by Gasteiger charge is 2.04. The Bertz CT molecular complexity index is 468. The van der Waals surface area contributed by atoms with Crippen LogP contribution in [0.2, 0.25) is 0 Å². The van der Waals surface area contributed by atoms with Gasteiger partial charge in [-0.25, -0.2) is 4.39 Å². The molecule has 2 aromatic rings. The number of halogens is 1. The van der Waals surface area contributed by atoms with Gasteiger partial charge in [0.25, 0.3) is 0 Å². The maximum atomic E-state index is 12.9. The number of benzene rings is 1. The van der Waals surface area contributed by atoms with Crippen LogP contribution < -0.4 is 4.74 Å². The van der Waals surface area contributed by atoms with Crippen LogP contribution in [-0.4, -0.2) is 11.7 Å². The molecule has 1 aromatic heterocycles. The van der Waals surface area contributed by atoms with E-state index < -0.39 is 0 Å². The van der Waals surface area contributed by atoms with E-state index in [1.165, 1.54) is 17.0 Å². The number of hydrogen-bond acceptors (Lipinski definition) is 3. The summed E-state index contributed by atoms with van der Waals surface area (Å²) in [6.45, 7) is 0.311. The summed E-state index contributed by atoms with van der Waals surface area (Å²) >= 11 is 1.68. The third kappa shape index (κ3) is 3.28. The third-order valence-corrected chi connectivity index (χ3v) is 3.32. The first-order valence-electron chi connectivity index (χ1n) is 5.34. The van der Waals surface area contributed by atoms with E-state index in [-0.39, 0.29) is 12.4 Å². The van der Waals surface area contributed by atoms with Crippen molar-refractivity contribution in [3.8, 4) is 5.75 Å². The van der Waals surface area contributed by atoms with Crippen molar-refractivity contribution in [1.82, 2.24) is 0 Å². The molecule has 4 heteroatoms. The van der Waals surface area contributed by atoms with Crippen molar-refractivity contribution in [2.45, 2.75) is 13.0 Å². The average molecular weight is 252 g/mol. The predicted molar refractivity (Wildman–Crippen MR) is 65.8 cm³/mol. The van der Waals surface area contributed by atoms with Gasteiger partial charge < -0.3 is 9.84 Å². The van der Waals surface area contributed by atoms with Crippen LogP contribution in [0.25, 0.3) is 0 Å². The number of aliphatic hydroxyl groups is 1. The fraction of sp³-hybridized carbons (Fsp3) is 0.231. The summed E-state index contributed by atoms with van der Waals surface area (Å²) in [6.07, 6.45) is 0.819. The molecule has 1 heterocycles.